The minimum absolute atomic E-state index is 0.345. The van der Waals surface area contributed by atoms with Gasteiger partial charge in [0.25, 0.3) is 0 Å². The summed E-state index contributed by atoms with van der Waals surface area (Å²) in [6, 6.07) is 18.2. The number of benzene rings is 2. The first kappa shape index (κ1) is 15.9. The summed E-state index contributed by atoms with van der Waals surface area (Å²) in [5, 5.41) is 22.9. The van der Waals surface area contributed by atoms with Gasteiger partial charge in [-0.25, -0.2) is 0 Å². The zero-order valence-corrected chi connectivity index (χ0v) is 14.0. The van der Waals surface area contributed by atoms with Crippen molar-refractivity contribution in [3.63, 3.8) is 0 Å². The normalized spacial score (nSPS) is 15.7. The Labute approximate surface area is 146 Å². The summed E-state index contributed by atoms with van der Waals surface area (Å²) in [4.78, 5) is 3.76. The van der Waals surface area contributed by atoms with Gasteiger partial charge in [-0.1, -0.05) is 54.6 Å². The van der Waals surface area contributed by atoms with Crippen molar-refractivity contribution in [1.29, 1.82) is 0 Å². The number of aromatic nitrogens is 4. The number of rotatable bonds is 5. The molecule has 3 aromatic rings. The first-order valence-corrected chi connectivity index (χ1v) is 8.58. The Morgan fingerprint density at radius 3 is 2.56 bits per heavy atom. The molecule has 128 valence electrons. The second kappa shape index (κ2) is 7.13. The van der Waals surface area contributed by atoms with Crippen LogP contribution in [0.1, 0.15) is 11.1 Å². The van der Waals surface area contributed by atoms with Gasteiger partial charge in [0.05, 0.1) is 12.6 Å². The van der Waals surface area contributed by atoms with E-state index in [-0.39, 0.29) is 0 Å². The predicted molar refractivity (Wildman–Crippen MR) is 94.7 cm³/mol. The van der Waals surface area contributed by atoms with E-state index in [1.54, 1.807) is 0 Å². The van der Waals surface area contributed by atoms with E-state index in [1.807, 2.05) is 30.3 Å². The van der Waals surface area contributed by atoms with Crippen molar-refractivity contribution in [2.75, 3.05) is 13.1 Å². The van der Waals surface area contributed by atoms with Crippen molar-refractivity contribution in [3.8, 4) is 11.4 Å². The zero-order valence-electron chi connectivity index (χ0n) is 14.0. The van der Waals surface area contributed by atoms with E-state index in [1.165, 1.54) is 15.9 Å². The third-order valence-corrected chi connectivity index (χ3v) is 4.54. The highest BCUT2D eigenvalue weighted by Crippen LogP contribution is 2.18. The minimum Gasteiger partial charge on any atom is -0.390 e. The maximum Gasteiger partial charge on any atom is 0.204 e. The fourth-order valence-electron chi connectivity index (χ4n) is 3.28. The molecule has 0 amide bonds. The molecule has 0 radical (unpaired) electrons. The molecule has 6 heteroatoms. The molecule has 2 heterocycles. The molecule has 0 saturated carbocycles. The Morgan fingerprint density at radius 1 is 0.960 bits per heavy atom. The molecule has 0 saturated heterocycles. The van der Waals surface area contributed by atoms with E-state index < -0.39 is 6.10 Å². The van der Waals surface area contributed by atoms with Crippen molar-refractivity contribution < 1.29 is 5.11 Å². The Balaban J connectivity index is 1.35. The number of aliphatic hydroxyl groups excluding tert-OH is 1. The molecule has 0 aliphatic carbocycles. The average Bonchev–Trinajstić information content (AvgIpc) is 3.10. The van der Waals surface area contributed by atoms with Crippen LogP contribution in [-0.4, -0.2) is 49.4 Å². The topological polar surface area (TPSA) is 67.1 Å². The molecular weight excluding hydrogens is 314 g/mol. The second-order valence-corrected chi connectivity index (χ2v) is 6.44. The summed E-state index contributed by atoms with van der Waals surface area (Å²) >= 11 is 0. The highest BCUT2D eigenvalue weighted by molar-refractivity contribution is 5.52. The minimum atomic E-state index is -0.525. The molecule has 1 aliphatic rings. The largest absolute Gasteiger partial charge is 0.390 e. The third kappa shape index (κ3) is 3.75. The molecule has 1 atom stereocenters. The first-order valence-electron chi connectivity index (χ1n) is 8.58. The van der Waals surface area contributed by atoms with Crippen LogP contribution in [0.15, 0.2) is 54.6 Å². The molecule has 0 unspecified atom stereocenters. The van der Waals surface area contributed by atoms with Crippen molar-refractivity contribution in [2.45, 2.75) is 25.6 Å². The van der Waals surface area contributed by atoms with Crippen LogP contribution in [0.4, 0.5) is 0 Å². The van der Waals surface area contributed by atoms with Gasteiger partial charge in [-0.2, -0.15) is 4.80 Å². The van der Waals surface area contributed by atoms with E-state index in [9.17, 15) is 5.11 Å². The molecule has 1 aliphatic heterocycles. The van der Waals surface area contributed by atoms with Crippen LogP contribution in [0.2, 0.25) is 0 Å². The number of tetrazole rings is 1. The number of aliphatic hydroxyl groups is 1. The lowest BCUT2D eigenvalue weighted by Gasteiger charge is -2.30. The molecule has 1 N–H and O–H groups in total. The molecule has 4 rings (SSSR count). The van der Waals surface area contributed by atoms with Gasteiger partial charge in [-0.05, 0) is 22.8 Å². The van der Waals surface area contributed by atoms with Gasteiger partial charge in [0.2, 0.25) is 5.82 Å². The fraction of sp³-hybridized carbons (Fsp3) is 0.316. The summed E-state index contributed by atoms with van der Waals surface area (Å²) in [5.74, 6) is 0.583. The summed E-state index contributed by atoms with van der Waals surface area (Å²) in [7, 11) is 0. The van der Waals surface area contributed by atoms with Crippen molar-refractivity contribution in [2.24, 2.45) is 0 Å². The molecular formula is C19H21N5O. The van der Waals surface area contributed by atoms with Gasteiger partial charge in [0.1, 0.15) is 0 Å². The fourth-order valence-corrected chi connectivity index (χ4v) is 3.28. The van der Waals surface area contributed by atoms with Gasteiger partial charge in [-0.15, -0.1) is 10.2 Å². The highest BCUT2D eigenvalue weighted by atomic mass is 16.3. The SMILES string of the molecule is O[C@@H](CN1CCc2ccccc2C1)Cn1nnc(-c2ccccc2)n1. The number of hydrogen-bond acceptors (Lipinski definition) is 5. The number of nitrogens with zero attached hydrogens (tertiary/aromatic N) is 5. The van der Waals surface area contributed by atoms with E-state index in [2.05, 4.69) is 44.6 Å². The van der Waals surface area contributed by atoms with Crippen molar-refractivity contribution in [3.05, 3.63) is 65.7 Å². The maximum absolute atomic E-state index is 10.4. The van der Waals surface area contributed by atoms with E-state index in [4.69, 9.17) is 0 Å². The van der Waals surface area contributed by atoms with Gasteiger partial charge in [0.15, 0.2) is 0 Å². The Hall–Kier alpha value is -2.57. The van der Waals surface area contributed by atoms with Crippen LogP contribution in [0.25, 0.3) is 11.4 Å². The number of β-amino-alcohol motifs (C(OH)–C–C–N with tert-alkyl or cyclic N) is 1. The van der Waals surface area contributed by atoms with Gasteiger partial charge in [0, 0.05) is 25.2 Å². The standard InChI is InChI=1S/C19H21N5O/c25-18(13-23-11-10-15-6-4-5-9-17(15)12-23)14-24-21-19(20-22-24)16-7-2-1-3-8-16/h1-9,18,25H,10-14H2/t18-/m0/s1. The highest BCUT2D eigenvalue weighted by Gasteiger charge is 2.19. The predicted octanol–water partition coefficient (Wildman–Crippen LogP) is 1.76. The van der Waals surface area contributed by atoms with Gasteiger partial charge in [-0.3, -0.25) is 4.90 Å². The van der Waals surface area contributed by atoms with Crippen molar-refractivity contribution in [1.82, 2.24) is 25.1 Å². The first-order chi connectivity index (χ1) is 12.3. The maximum atomic E-state index is 10.4. The molecule has 0 bridgehead atoms. The summed E-state index contributed by atoms with van der Waals surface area (Å²) < 4.78 is 0. The lowest BCUT2D eigenvalue weighted by molar-refractivity contribution is 0.0849. The van der Waals surface area contributed by atoms with Crippen LogP contribution in [0.5, 0.6) is 0 Å². The van der Waals surface area contributed by atoms with Crippen molar-refractivity contribution >= 4 is 0 Å². The van der Waals surface area contributed by atoms with Crippen LogP contribution >= 0.6 is 0 Å². The monoisotopic (exact) mass is 335 g/mol. The molecule has 2 aromatic carbocycles. The zero-order chi connectivity index (χ0) is 17.1. The van der Waals surface area contributed by atoms with E-state index in [0.717, 1.165) is 25.1 Å². The van der Waals surface area contributed by atoms with E-state index in [0.29, 0.717) is 18.9 Å². The Bertz CT molecular complexity index is 833. The average molecular weight is 335 g/mol. The summed E-state index contributed by atoms with van der Waals surface area (Å²) in [6.45, 7) is 2.80. The Morgan fingerprint density at radius 2 is 1.72 bits per heavy atom. The lowest BCUT2D eigenvalue weighted by Crippen LogP contribution is -2.38. The van der Waals surface area contributed by atoms with Crippen LogP contribution < -0.4 is 0 Å². The number of fused-ring (bicyclic) bond motifs is 1. The van der Waals surface area contributed by atoms with Crippen LogP contribution in [0, 0.1) is 0 Å². The van der Waals surface area contributed by atoms with E-state index >= 15 is 0 Å². The molecule has 0 fully saturated rings. The number of hydrogen-bond donors (Lipinski definition) is 1. The Kier molecular flexibility index (Phi) is 4.54. The summed E-state index contributed by atoms with van der Waals surface area (Å²) in [5.41, 5.74) is 3.70. The van der Waals surface area contributed by atoms with Crippen LogP contribution in [-0.2, 0) is 19.5 Å². The molecule has 0 spiro atoms. The quantitative estimate of drug-likeness (QED) is 0.769. The smallest absolute Gasteiger partial charge is 0.204 e. The van der Waals surface area contributed by atoms with Crippen LogP contribution in [0.3, 0.4) is 0 Å². The van der Waals surface area contributed by atoms with Gasteiger partial charge < -0.3 is 5.11 Å². The van der Waals surface area contributed by atoms with Gasteiger partial charge >= 0.3 is 0 Å². The lowest BCUT2D eigenvalue weighted by atomic mass is 10.00. The third-order valence-electron chi connectivity index (χ3n) is 4.54. The molecule has 1 aromatic heterocycles. The molecule has 25 heavy (non-hydrogen) atoms. The second-order valence-electron chi connectivity index (χ2n) is 6.44. The molecule has 6 nitrogen and oxygen atoms in total. The summed E-state index contributed by atoms with van der Waals surface area (Å²) in [6.07, 6.45) is 0.505.